The van der Waals surface area contributed by atoms with Crippen molar-refractivity contribution in [3.63, 3.8) is 0 Å². The van der Waals surface area contributed by atoms with Crippen LogP contribution in [0.3, 0.4) is 0 Å². The first kappa shape index (κ1) is 14.0. The fraction of sp³-hybridized carbons (Fsp3) is 0.750. The molecule has 7 heteroatoms. The van der Waals surface area contributed by atoms with Gasteiger partial charge in [-0.15, -0.1) is 0 Å². The van der Waals surface area contributed by atoms with Gasteiger partial charge in [-0.1, -0.05) is 13.8 Å². The lowest BCUT2D eigenvalue weighted by molar-refractivity contribution is 0.195. The van der Waals surface area contributed by atoms with Gasteiger partial charge in [0, 0.05) is 50.2 Å². The minimum Gasteiger partial charge on any atom is -0.343 e. The summed E-state index contributed by atoms with van der Waals surface area (Å²) in [6.07, 6.45) is 0. The molecule has 0 unspecified atom stereocenters. The Morgan fingerprint density at radius 2 is 2.05 bits per heavy atom. The van der Waals surface area contributed by atoms with Gasteiger partial charge >= 0.3 is 6.03 Å². The fourth-order valence-electron chi connectivity index (χ4n) is 1.95. The van der Waals surface area contributed by atoms with Crippen molar-refractivity contribution in [2.75, 3.05) is 37.6 Å². The third-order valence-corrected chi connectivity index (χ3v) is 3.90. The van der Waals surface area contributed by atoms with Gasteiger partial charge in [0.05, 0.1) is 0 Å². The standard InChI is InChI=1S/C12H21N5OS/c1-4-13-11(18)16-5-7-17(8-6-16)12-14-10(9(2)3)15-19-12/h9H,4-8H2,1-3H3,(H,13,18). The van der Waals surface area contributed by atoms with Gasteiger partial charge in [-0.25, -0.2) is 9.78 Å². The Bertz CT molecular complexity index is 426. The molecule has 2 rings (SSSR count). The lowest BCUT2D eigenvalue weighted by atomic mass is 10.2. The largest absolute Gasteiger partial charge is 0.343 e. The topological polar surface area (TPSA) is 61.4 Å². The van der Waals surface area contributed by atoms with Crippen LogP contribution in [0.4, 0.5) is 9.93 Å². The van der Waals surface area contributed by atoms with Crippen LogP contribution in [0.5, 0.6) is 0 Å². The number of aromatic nitrogens is 2. The maximum absolute atomic E-state index is 11.7. The van der Waals surface area contributed by atoms with Gasteiger partial charge in [-0.3, -0.25) is 0 Å². The van der Waals surface area contributed by atoms with Crippen LogP contribution in [0, 0.1) is 0 Å². The molecule has 0 spiro atoms. The molecule has 6 nitrogen and oxygen atoms in total. The second kappa shape index (κ2) is 6.18. The Morgan fingerprint density at radius 3 is 2.58 bits per heavy atom. The average molecular weight is 283 g/mol. The van der Waals surface area contributed by atoms with Crippen molar-refractivity contribution < 1.29 is 4.79 Å². The van der Waals surface area contributed by atoms with Crippen LogP contribution in [0.1, 0.15) is 32.5 Å². The zero-order valence-electron chi connectivity index (χ0n) is 11.7. The van der Waals surface area contributed by atoms with E-state index >= 15 is 0 Å². The molecule has 1 aromatic rings. The molecular formula is C12H21N5OS. The lowest BCUT2D eigenvalue weighted by Gasteiger charge is -2.34. The predicted octanol–water partition coefficient (Wildman–Crippen LogP) is 1.51. The maximum Gasteiger partial charge on any atom is 0.317 e. The highest BCUT2D eigenvalue weighted by Crippen LogP contribution is 2.22. The normalized spacial score (nSPS) is 16.0. The molecule has 0 saturated carbocycles. The first-order valence-electron chi connectivity index (χ1n) is 6.73. The summed E-state index contributed by atoms with van der Waals surface area (Å²) in [5.41, 5.74) is 0. The molecule has 2 heterocycles. The van der Waals surface area contributed by atoms with E-state index in [0.29, 0.717) is 12.5 Å². The van der Waals surface area contributed by atoms with E-state index in [-0.39, 0.29) is 6.03 Å². The summed E-state index contributed by atoms with van der Waals surface area (Å²) in [5, 5.41) is 3.80. The molecule has 0 aromatic carbocycles. The van der Waals surface area contributed by atoms with Crippen molar-refractivity contribution in [2.24, 2.45) is 0 Å². The summed E-state index contributed by atoms with van der Waals surface area (Å²) in [5.74, 6) is 1.27. The number of carbonyl (C=O) groups excluding carboxylic acids is 1. The number of hydrogen-bond donors (Lipinski definition) is 1. The zero-order chi connectivity index (χ0) is 13.8. The lowest BCUT2D eigenvalue weighted by Crippen LogP contribution is -2.51. The number of hydrogen-bond acceptors (Lipinski definition) is 5. The third-order valence-electron chi connectivity index (χ3n) is 3.11. The minimum absolute atomic E-state index is 0.0299. The van der Waals surface area contributed by atoms with Gasteiger partial charge in [-0.05, 0) is 6.92 Å². The predicted molar refractivity (Wildman–Crippen MR) is 76.9 cm³/mol. The van der Waals surface area contributed by atoms with Crippen LogP contribution in [-0.4, -0.2) is 53.0 Å². The summed E-state index contributed by atoms with van der Waals surface area (Å²) < 4.78 is 4.37. The SMILES string of the molecule is CCNC(=O)N1CCN(c2nc(C(C)C)ns2)CC1. The third kappa shape index (κ3) is 3.34. The molecule has 106 valence electrons. The Balaban J connectivity index is 1.90. The van der Waals surface area contributed by atoms with Crippen molar-refractivity contribution in [1.82, 2.24) is 19.6 Å². The van der Waals surface area contributed by atoms with Crippen molar-refractivity contribution in [1.29, 1.82) is 0 Å². The van der Waals surface area contributed by atoms with Gasteiger partial charge in [-0.2, -0.15) is 4.37 Å². The molecule has 19 heavy (non-hydrogen) atoms. The molecule has 1 aliphatic rings. The summed E-state index contributed by atoms with van der Waals surface area (Å²) in [4.78, 5) is 20.3. The van der Waals surface area contributed by atoms with Crippen LogP contribution in [0.15, 0.2) is 0 Å². The molecule has 2 amide bonds. The Hall–Kier alpha value is -1.37. The van der Waals surface area contributed by atoms with Gasteiger partial charge < -0.3 is 15.1 Å². The summed E-state index contributed by atoms with van der Waals surface area (Å²) in [6, 6.07) is 0.0299. The monoisotopic (exact) mass is 283 g/mol. The number of nitrogens with one attached hydrogen (secondary N) is 1. The van der Waals surface area contributed by atoms with E-state index in [4.69, 9.17) is 0 Å². The number of amides is 2. The second-order valence-corrected chi connectivity index (χ2v) is 5.63. The quantitative estimate of drug-likeness (QED) is 0.913. The van der Waals surface area contributed by atoms with Crippen LogP contribution < -0.4 is 10.2 Å². The van der Waals surface area contributed by atoms with Gasteiger partial charge in [0.1, 0.15) is 5.82 Å². The number of piperazine rings is 1. The second-order valence-electron chi connectivity index (χ2n) is 4.90. The highest BCUT2D eigenvalue weighted by atomic mass is 32.1. The Morgan fingerprint density at radius 1 is 1.37 bits per heavy atom. The van der Waals surface area contributed by atoms with Crippen molar-refractivity contribution in [3.8, 4) is 0 Å². The van der Waals surface area contributed by atoms with E-state index in [2.05, 4.69) is 33.4 Å². The summed E-state index contributed by atoms with van der Waals surface area (Å²) >= 11 is 1.45. The van der Waals surface area contributed by atoms with Crippen LogP contribution in [0.25, 0.3) is 0 Å². The molecule has 0 aliphatic carbocycles. The number of nitrogens with zero attached hydrogens (tertiary/aromatic N) is 4. The Labute approximate surface area is 118 Å². The molecule has 0 radical (unpaired) electrons. The molecule has 1 aliphatic heterocycles. The number of anilines is 1. The molecular weight excluding hydrogens is 262 g/mol. The molecule has 1 saturated heterocycles. The number of carbonyl (C=O) groups is 1. The smallest absolute Gasteiger partial charge is 0.317 e. The molecule has 1 N–H and O–H groups in total. The van der Waals surface area contributed by atoms with Crippen LogP contribution in [-0.2, 0) is 0 Å². The Kier molecular flexibility index (Phi) is 4.57. The van der Waals surface area contributed by atoms with Crippen molar-refractivity contribution in [3.05, 3.63) is 5.82 Å². The van der Waals surface area contributed by atoms with Gasteiger partial charge in [0.25, 0.3) is 0 Å². The van der Waals surface area contributed by atoms with Crippen molar-refractivity contribution in [2.45, 2.75) is 26.7 Å². The highest BCUT2D eigenvalue weighted by Gasteiger charge is 2.23. The van der Waals surface area contributed by atoms with Gasteiger partial charge in [0.2, 0.25) is 5.13 Å². The van der Waals surface area contributed by atoms with E-state index < -0.39 is 0 Å². The zero-order valence-corrected chi connectivity index (χ0v) is 12.5. The summed E-state index contributed by atoms with van der Waals surface area (Å²) in [6.45, 7) is 9.92. The average Bonchev–Trinajstić information content (AvgIpc) is 2.89. The first-order valence-corrected chi connectivity index (χ1v) is 7.50. The minimum atomic E-state index is 0.0299. The number of rotatable bonds is 3. The highest BCUT2D eigenvalue weighted by molar-refractivity contribution is 7.09. The molecule has 0 atom stereocenters. The molecule has 0 bridgehead atoms. The molecule has 1 fully saturated rings. The van der Waals surface area contributed by atoms with E-state index in [1.807, 2.05) is 11.8 Å². The maximum atomic E-state index is 11.7. The van der Waals surface area contributed by atoms with Crippen LogP contribution >= 0.6 is 11.5 Å². The van der Waals surface area contributed by atoms with E-state index in [0.717, 1.165) is 37.1 Å². The fourth-order valence-corrected chi connectivity index (χ4v) is 2.81. The first-order chi connectivity index (χ1) is 9.11. The van der Waals surface area contributed by atoms with E-state index in [1.165, 1.54) is 11.5 Å². The summed E-state index contributed by atoms with van der Waals surface area (Å²) in [7, 11) is 0. The number of urea groups is 1. The van der Waals surface area contributed by atoms with Gasteiger partial charge in [0.15, 0.2) is 0 Å². The van der Waals surface area contributed by atoms with Crippen LogP contribution in [0.2, 0.25) is 0 Å². The van der Waals surface area contributed by atoms with Crippen molar-refractivity contribution >= 4 is 22.7 Å². The van der Waals surface area contributed by atoms with E-state index in [1.54, 1.807) is 0 Å². The van der Waals surface area contributed by atoms with E-state index in [9.17, 15) is 4.79 Å². The molecule has 1 aromatic heterocycles.